The number of furan rings is 1. The highest BCUT2D eigenvalue weighted by atomic mass is 19.1. The number of aromatic hydroxyl groups is 1. The molecule has 0 aliphatic heterocycles. The molecule has 30 heavy (non-hydrogen) atoms. The minimum Gasteiger partial charge on any atom is -0.501 e. The number of carbonyl (C=O) groups is 2. The predicted molar refractivity (Wildman–Crippen MR) is 103 cm³/mol. The van der Waals surface area contributed by atoms with Crippen molar-refractivity contribution < 1.29 is 33.0 Å². The summed E-state index contributed by atoms with van der Waals surface area (Å²) >= 11 is 0. The molecule has 0 amide bonds. The lowest BCUT2D eigenvalue weighted by Gasteiger charge is -2.04. The quantitative estimate of drug-likeness (QED) is 0.430. The van der Waals surface area contributed by atoms with Gasteiger partial charge in [0.05, 0.1) is 0 Å². The number of allylic oxidation sites excluding steroid dienone is 1. The van der Waals surface area contributed by atoms with E-state index < -0.39 is 28.7 Å². The van der Waals surface area contributed by atoms with Gasteiger partial charge in [-0.15, -0.1) is 0 Å². The number of ketones is 1. The Balaban J connectivity index is 1.79. The van der Waals surface area contributed by atoms with Gasteiger partial charge in [0.15, 0.2) is 5.76 Å². The van der Waals surface area contributed by atoms with E-state index in [0.29, 0.717) is 12.2 Å². The third kappa shape index (κ3) is 5.11. The van der Waals surface area contributed by atoms with Gasteiger partial charge in [-0.05, 0) is 36.2 Å². The van der Waals surface area contributed by atoms with E-state index in [4.69, 9.17) is 13.9 Å². The van der Waals surface area contributed by atoms with E-state index >= 15 is 0 Å². The van der Waals surface area contributed by atoms with Crippen LogP contribution in [0.4, 0.5) is 4.39 Å². The second kappa shape index (κ2) is 9.04. The van der Waals surface area contributed by atoms with Crippen molar-refractivity contribution in [2.75, 3.05) is 0 Å². The zero-order valence-corrected chi connectivity index (χ0v) is 15.6. The Labute approximate surface area is 169 Å². The second-order valence-electron chi connectivity index (χ2n) is 6.43. The Bertz CT molecular complexity index is 1150. The molecule has 3 aromatic rings. The molecule has 0 aliphatic carbocycles. The molecule has 2 N–H and O–H groups in total. The number of carbonyl (C=O) groups excluding carboxylic acids is 1. The number of aryl methyl sites for hydroxylation is 1. The number of hydrogen-bond acceptors (Lipinski definition) is 6. The van der Waals surface area contributed by atoms with Gasteiger partial charge in [0.25, 0.3) is 5.78 Å². The number of hydrogen-bond donors (Lipinski definition) is 2. The van der Waals surface area contributed by atoms with E-state index in [0.717, 1.165) is 17.7 Å². The van der Waals surface area contributed by atoms with Crippen LogP contribution in [0.3, 0.4) is 0 Å². The SMILES string of the molecule is O=C(O)C=CCCc1cc(=O)c(O)c(C(=O)c2ccc(Cc3ccc(F)cc3)o2)o1. The summed E-state index contributed by atoms with van der Waals surface area (Å²) < 4.78 is 23.9. The van der Waals surface area contributed by atoms with Gasteiger partial charge in [0, 0.05) is 25.0 Å². The summed E-state index contributed by atoms with van der Waals surface area (Å²) in [5.74, 6) is -3.24. The minimum absolute atomic E-state index is 0.120. The van der Waals surface area contributed by atoms with Gasteiger partial charge in [-0.2, -0.15) is 0 Å². The summed E-state index contributed by atoms with van der Waals surface area (Å²) in [7, 11) is 0. The van der Waals surface area contributed by atoms with E-state index in [9.17, 15) is 23.9 Å². The Hall–Kier alpha value is -3.94. The van der Waals surface area contributed by atoms with Crippen LogP contribution in [-0.2, 0) is 17.6 Å². The largest absolute Gasteiger partial charge is 0.501 e. The average molecular weight is 412 g/mol. The first kappa shape index (κ1) is 20.8. The number of carboxylic acid groups (broad SMARTS) is 1. The van der Waals surface area contributed by atoms with Crippen LogP contribution in [0, 0.1) is 5.82 Å². The molecule has 2 heterocycles. The predicted octanol–water partition coefficient (Wildman–Crippen LogP) is 3.47. The van der Waals surface area contributed by atoms with Gasteiger partial charge in [0.2, 0.25) is 16.9 Å². The van der Waals surface area contributed by atoms with Gasteiger partial charge in [-0.1, -0.05) is 18.2 Å². The van der Waals surface area contributed by atoms with Crippen LogP contribution in [0.1, 0.15) is 39.8 Å². The Morgan fingerprint density at radius 1 is 1.03 bits per heavy atom. The first-order chi connectivity index (χ1) is 14.3. The Kier molecular flexibility index (Phi) is 6.26. The average Bonchev–Trinajstić information content (AvgIpc) is 3.17. The van der Waals surface area contributed by atoms with Gasteiger partial charge >= 0.3 is 5.97 Å². The fourth-order valence-electron chi connectivity index (χ4n) is 2.73. The second-order valence-corrected chi connectivity index (χ2v) is 6.43. The maximum absolute atomic E-state index is 13.0. The Morgan fingerprint density at radius 3 is 2.47 bits per heavy atom. The van der Waals surface area contributed by atoms with E-state index in [1.54, 1.807) is 18.2 Å². The minimum atomic E-state index is -1.10. The lowest BCUT2D eigenvalue weighted by Crippen LogP contribution is -2.10. The molecule has 2 aromatic heterocycles. The number of rotatable bonds is 8. The van der Waals surface area contributed by atoms with Gasteiger partial charge in [0.1, 0.15) is 17.3 Å². The van der Waals surface area contributed by atoms with Crippen molar-refractivity contribution in [1.29, 1.82) is 0 Å². The molecular weight excluding hydrogens is 395 g/mol. The molecule has 0 bridgehead atoms. The molecule has 0 saturated heterocycles. The van der Waals surface area contributed by atoms with Crippen LogP contribution in [0.5, 0.6) is 5.75 Å². The van der Waals surface area contributed by atoms with Gasteiger partial charge < -0.3 is 19.0 Å². The molecule has 1 aromatic carbocycles. The first-order valence-corrected chi connectivity index (χ1v) is 8.97. The summed E-state index contributed by atoms with van der Waals surface area (Å²) in [6, 6.07) is 9.80. The van der Waals surface area contributed by atoms with Crippen molar-refractivity contribution in [3.8, 4) is 5.75 Å². The van der Waals surface area contributed by atoms with Crippen LogP contribution in [0.15, 0.2) is 68.2 Å². The van der Waals surface area contributed by atoms with E-state index in [1.165, 1.54) is 24.3 Å². The van der Waals surface area contributed by atoms with Gasteiger partial charge in [-0.3, -0.25) is 9.59 Å². The zero-order valence-electron chi connectivity index (χ0n) is 15.6. The molecule has 0 unspecified atom stereocenters. The summed E-state index contributed by atoms with van der Waals surface area (Å²) in [5.41, 5.74) is -0.0181. The number of benzene rings is 1. The normalized spacial score (nSPS) is 11.1. The van der Waals surface area contributed by atoms with Crippen molar-refractivity contribution in [1.82, 2.24) is 0 Å². The summed E-state index contributed by atoms with van der Waals surface area (Å²) in [6.45, 7) is 0. The zero-order chi connectivity index (χ0) is 21.7. The smallest absolute Gasteiger partial charge is 0.327 e. The first-order valence-electron chi connectivity index (χ1n) is 8.97. The molecule has 0 radical (unpaired) electrons. The van der Waals surface area contributed by atoms with Crippen LogP contribution < -0.4 is 5.43 Å². The monoisotopic (exact) mass is 412 g/mol. The van der Waals surface area contributed by atoms with E-state index in [-0.39, 0.29) is 30.2 Å². The van der Waals surface area contributed by atoms with Gasteiger partial charge in [-0.25, -0.2) is 9.18 Å². The van der Waals surface area contributed by atoms with Crippen LogP contribution in [0.25, 0.3) is 0 Å². The summed E-state index contributed by atoms with van der Waals surface area (Å²) in [5, 5.41) is 18.5. The van der Waals surface area contributed by atoms with Crippen molar-refractivity contribution in [3.63, 3.8) is 0 Å². The molecular formula is C22H17FO7. The van der Waals surface area contributed by atoms with E-state index in [2.05, 4.69) is 0 Å². The van der Waals surface area contributed by atoms with Crippen LogP contribution in [-0.4, -0.2) is 22.0 Å². The maximum Gasteiger partial charge on any atom is 0.327 e. The number of carboxylic acids is 1. The van der Waals surface area contributed by atoms with E-state index in [1.807, 2.05) is 0 Å². The Morgan fingerprint density at radius 2 is 1.77 bits per heavy atom. The lowest BCUT2D eigenvalue weighted by atomic mass is 10.1. The highest BCUT2D eigenvalue weighted by Gasteiger charge is 2.23. The highest BCUT2D eigenvalue weighted by Crippen LogP contribution is 2.22. The summed E-state index contributed by atoms with van der Waals surface area (Å²) in [4.78, 5) is 35.1. The molecule has 0 fully saturated rings. The molecule has 0 atom stereocenters. The molecule has 0 aliphatic rings. The number of halogens is 1. The molecule has 154 valence electrons. The topological polar surface area (TPSA) is 118 Å². The third-order valence-electron chi connectivity index (χ3n) is 4.17. The van der Waals surface area contributed by atoms with Crippen molar-refractivity contribution in [2.45, 2.75) is 19.3 Å². The summed E-state index contributed by atoms with van der Waals surface area (Å²) in [6.07, 6.45) is 3.07. The van der Waals surface area contributed by atoms with Crippen molar-refractivity contribution in [2.24, 2.45) is 0 Å². The fourth-order valence-corrected chi connectivity index (χ4v) is 2.73. The highest BCUT2D eigenvalue weighted by molar-refractivity contribution is 6.06. The fraction of sp³-hybridized carbons (Fsp3) is 0.136. The molecule has 0 spiro atoms. The molecule has 3 rings (SSSR count). The maximum atomic E-state index is 13.0. The molecule has 8 heteroatoms. The van der Waals surface area contributed by atoms with Crippen molar-refractivity contribution in [3.05, 3.63) is 99.3 Å². The lowest BCUT2D eigenvalue weighted by molar-refractivity contribution is -0.131. The third-order valence-corrected chi connectivity index (χ3v) is 4.17. The van der Waals surface area contributed by atoms with Crippen LogP contribution in [0.2, 0.25) is 0 Å². The number of aliphatic carboxylic acids is 1. The van der Waals surface area contributed by atoms with Crippen LogP contribution >= 0.6 is 0 Å². The molecule has 0 saturated carbocycles. The standard InChI is InChI=1S/C22H17FO7/c23-14-7-5-13(6-8-14)11-16-9-10-18(29-16)21(28)22-20(27)17(24)12-15(30-22)3-1-2-4-19(25)26/h2,4-10,12,27H,1,3,11H2,(H,25,26). The van der Waals surface area contributed by atoms with Crippen molar-refractivity contribution >= 4 is 11.8 Å². The molecule has 7 nitrogen and oxygen atoms in total.